The fourth-order valence-corrected chi connectivity index (χ4v) is 2.71. The first-order valence-electron chi connectivity index (χ1n) is 7.69. The summed E-state index contributed by atoms with van der Waals surface area (Å²) in [5.74, 6) is -1.01. The highest BCUT2D eigenvalue weighted by Gasteiger charge is 2.28. The van der Waals surface area contributed by atoms with Crippen molar-refractivity contribution in [2.75, 3.05) is 12.3 Å². The van der Waals surface area contributed by atoms with Crippen molar-refractivity contribution in [3.05, 3.63) is 53.5 Å². The van der Waals surface area contributed by atoms with E-state index in [4.69, 9.17) is 10.5 Å². The van der Waals surface area contributed by atoms with E-state index < -0.39 is 12.1 Å². The molecule has 124 valence electrons. The van der Waals surface area contributed by atoms with Gasteiger partial charge in [0.25, 0.3) is 5.91 Å². The minimum absolute atomic E-state index is 0.0194. The van der Waals surface area contributed by atoms with Gasteiger partial charge in [0.2, 0.25) is 0 Å². The number of hydrogen-bond donors (Lipinski definition) is 1. The Balaban J connectivity index is 1.65. The van der Waals surface area contributed by atoms with E-state index >= 15 is 0 Å². The maximum Gasteiger partial charge on any atom is 0.361 e. The number of hydrogen-bond acceptors (Lipinski definition) is 6. The van der Waals surface area contributed by atoms with Gasteiger partial charge in [-0.05, 0) is 24.5 Å². The van der Waals surface area contributed by atoms with E-state index in [9.17, 15) is 9.59 Å². The SMILES string of the molecule is C[C@H](OC(=O)c1nccnc1N)C(=O)N1CCc2ccccc2C1. The lowest BCUT2D eigenvalue weighted by atomic mass is 9.99. The number of carbonyl (C=O) groups is 2. The van der Waals surface area contributed by atoms with Crippen LogP contribution in [0.25, 0.3) is 0 Å². The molecule has 1 aliphatic rings. The molecule has 0 unspecified atom stereocenters. The molecular weight excluding hydrogens is 308 g/mol. The van der Waals surface area contributed by atoms with Gasteiger partial charge in [0.05, 0.1) is 0 Å². The first kappa shape index (κ1) is 15.9. The summed E-state index contributed by atoms with van der Waals surface area (Å²) < 4.78 is 5.21. The highest BCUT2D eigenvalue weighted by Crippen LogP contribution is 2.19. The molecule has 7 heteroatoms. The van der Waals surface area contributed by atoms with Crippen LogP contribution in [0.1, 0.15) is 28.5 Å². The van der Waals surface area contributed by atoms with Crippen LogP contribution < -0.4 is 5.73 Å². The molecule has 1 amide bonds. The van der Waals surface area contributed by atoms with Gasteiger partial charge < -0.3 is 15.4 Å². The zero-order valence-electron chi connectivity index (χ0n) is 13.3. The van der Waals surface area contributed by atoms with Crippen molar-refractivity contribution < 1.29 is 14.3 Å². The third-order valence-electron chi connectivity index (χ3n) is 3.99. The molecule has 0 spiro atoms. The molecule has 0 aliphatic carbocycles. The summed E-state index contributed by atoms with van der Waals surface area (Å²) in [6, 6.07) is 8.02. The number of rotatable bonds is 3. The van der Waals surface area contributed by atoms with Gasteiger partial charge in [0.15, 0.2) is 17.6 Å². The van der Waals surface area contributed by atoms with Gasteiger partial charge in [0.1, 0.15) is 0 Å². The van der Waals surface area contributed by atoms with Crippen LogP contribution in [0.3, 0.4) is 0 Å². The van der Waals surface area contributed by atoms with Crippen molar-refractivity contribution in [3.8, 4) is 0 Å². The van der Waals surface area contributed by atoms with E-state index in [2.05, 4.69) is 16.0 Å². The molecule has 3 rings (SSSR count). The second kappa shape index (κ2) is 6.66. The number of fused-ring (bicyclic) bond motifs is 1. The number of aromatic nitrogens is 2. The zero-order chi connectivity index (χ0) is 17.1. The van der Waals surface area contributed by atoms with Crippen LogP contribution in [0.15, 0.2) is 36.7 Å². The zero-order valence-corrected chi connectivity index (χ0v) is 13.3. The fourth-order valence-electron chi connectivity index (χ4n) is 2.71. The molecule has 1 atom stereocenters. The summed E-state index contributed by atoms with van der Waals surface area (Å²) >= 11 is 0. The van der Waals surface area contributed by atoms with E-state index in [1.165, 1.54) is 18.0 Å². The number of nitrogens with zero attached hydrogens (tertiary/aromatic N) is 3. The molecule has 1 aromatic heterocycles. The molecule has 2 N–H and O–H groups in total. The van der Waals surface area contributed by atoms with Gasteiger partial charge in [0, 0.05) is 25.5 Å². The van der Waals surface area contributed by atoms with Gasteiger partial charge in [-0.25, -0.2) is 14.8 Å². The van der Waals surface area contributed by atoms with Gasteiger partial charge in [-0.1, -0.05) is 24.3 Å². The fraction of sp³-hybridized carbons (Fsp3) is 0.294. The third-order valence-corrected chi connectivity index (χ3v) is 3.99. The predicted molar refractivity (Wildman–Crippen MR) is 86.9 cm³/mol. The smallest absolute Gasteiger partial charge is 0.361 e. The van der Waals surface area contributed by atoms with E-state index in [0.29, 0.717) is 13.1 Å². The van der Waals surface area contributed by atoms with Crippen LogP contribution in [-0.2, 0) is 22.5 Å². The standard InChI is InChI=1S/C17H18N4O3/c1-11(24-17(23)14-15(18)20-8-7-19-14)16(22)21-9-6-12-4-2-3-5-13(12)10-21/h2-5,7-8,11H,6,9-10H2,1H3,(H2,18,20)/t11-/m0/s1. The van der Waals surface area contributed by atoms with Crippen molar-refractivity contribution in [1.82, 2.24) is 14.9 Å². The minimum atomic E-state index is -0.913. The van der Waals surface area contributed by atoms with Crippen LogP contribution in [0.5, 0.6) is 0 Å². The normalized spacial score (nSPS) is 14.6. The monoisotopic (exact) mass is 326 g/mol. The Kier molecular flexibility index (Phi) is 4.41. The minimum Gasteiger partial charge on any atom is -0.448 e. The van der Waals surface area contributed by atoms with Gasteiger partial charge in [-0.2, -0.15) is 0 Å². The lowest BCUT2D eigenvalue weighted by Crippen LogP contribution is -2.42. The Hall–Kier alpha value is -2.96. The Labute approximate surface area is 139 Å². The van der Waals surface area contributed by atoms with Gasteiger partial charge in [-0.15, -0.1) is 0 Å². The lowest BCUT2D eigenvalue weighted by molar-refractivity contribution is -0.140. The maximum atomic E-state index is 12.5. The number of anilines is 1. The second-order valence-electron chi connectivity index (χ2n) is 5.62. The third kappa shape index (κ3) is 3.19. The number of ether oxygens (including phenoxy) is 1. The molecule has 1 aromatic carbocycles. The van der Waals surface area contributed by atoms with Crippen LogP contribution in [-0.4, -0.2) is 39.4 Å². The number of carbonyl (C=O) groups excluding carboxylic acids is 2. The Bertz CT molecular complexity index is 778. The number of nitrogens with two attached hydrogens (primary N) is 1. The summed E-state index contributed by atoms with van der Waals surface area (Å²) in [5.41, 5.74) is 7.89. The van der Waals surface area contributed by atoms with Gasteiger partial charge >= 0.3 is 5.97 Å². The molecule has 2 heterocycles. The number of nitrogen functional groups attached to an aromatic ring is 1. The average Bonchev–Trinajstić information content (AvgIpc) is 2.60. The van der Waals surface area contributed by atoms with Crippen molar-refractivity contribution >= 4 is 17.7 Å². The van der Waals surface area contributed by atoms with E-state index in [1.807, 2.05) is 18.2 Å². The van der Waals surface area contributed by atoms with Crippen molar-refractivity contribution in [1.29, 1.82) is 0 Å². The quantitative estimate of drug-likeness (QED) is 0.851. The molecule has 0 bridgehead atoms. The summed E-state index contributed by atoms with van der Waals surface area (Å²) in [6.45, 7) is 2.67. The van der Waals surface area contributed by atoms with Crippen LogP contribution >= 0.6 is 0 Å². The molecule has 24 heavy (non-hydrogen) atoms. The predicted octanol–water partition coefficient (Wildman–Crippen LogP) is 1.19. The van der Waals surface area contributed by atoms with Crippen molar-refractivity contribution in [2.45, 2.75) is 26.0 Å². The first-order valence-corrected chi connectivity index (χ1v) is 7.69. The summed E-state index contributed by atoms with van der Waals surface area (Å²) in [4.78, 5) is 34.0. The van der Waals surface area contributed by atoms with Gasteiger partial charge in [-0.3, -0.25) is 4.79 Å². The largest absolute Gasteiger partial charge is 0.448 e. The average molecular weight is 326 g/mol. The number of amides is 1. The first-order chi connectivity index (χ1) is 11.6. The number of esters is 1. The molecular formula is C17H18N4O3. The highest BCUT2D eigenvalue weighted by molar-refractivity contribution is 5.94. The molecule has 0 fully saturated rings. The summed E-state index contributed by atoms with van der Waals surface area (Å²) in [5, 5.41) is 0. The molecule has 0 saturated carbocycles. The number of benzene rings is 1. The molecule has 2 aromatic rings. The maximum absolute atomic E-state index is 12.5. The van der Waals surface area contributed by atoms with Crippen LogP contribution in [0.4, 0.5) is 5.82 Å². The Morgan fingerprint density at radius 1 is 1.21 bits per heavy atom. The van der Waals surface area contributed by atoms with E-state index in [0.717, 1.165) is 12.0 Å². The summed E-state index contributed by atoms with van der Waals surface area (Å²) in [7, 11) is 0. The topological polar surface area (TPSA) is 98.4 Å². The van der Waals surface area contributed by atoms with Crippen LogP contribution in [0, 0.1) is 0 Å². The highest BCUT2D eigenvalue weighted by atomic mass is 16.5. The Morgan fingerprint density at radius 2 is 1.92 bits per heavy atom. The van der Waals surface area contributed by atoms with Crippen molar-refractivity contribution in [2.24, 2.45) is 0 Å². The molecule has 0 radical (unpaired) electrons. The molecule has 1 aliphatic heterocycles. The van der Waals surface area contributed by atoms with Crippen molar-refractivity contribution in [3.63, 3.8) is 0 Å². The van der Waals surface area contributed by atoms with E-state index in [-0.39, 0.29) is 17.4 Å². The Morgan fingerprint density at radius 3 is 2.67 bits per heavy atom. The molecule has 0 saturated heterocycles. The molecule has 7 nitrogen and oxygen atoms in total. The van der Waals surface area contributed by atoms with E-state index in [1.54, 1.807) is 11.8 Å². The summed E-state index contributed by atoms with van der Waals surface area (Å²) in [6.07, 6.45) is 2.61. The van der Waals surface area contributed by atoms with Crippen LogP contribution in [0.2, 0.25) is 0 Å². The lowest BCUT2D eigenvalue weighted by Gasteiger charge is -2.30. The second-order valence-corrected chi connectivity index (χ2v) is 5.62.